The van der Waals surface area contributed by atoms with E-state index < -0.39 is 12.0 Å². The molecule has 0 aliphatic carbocycles. The first kappa shape index (κ1) is 15.3. The lowest BCUT2D eigenvalue weighted by Crippen LogP contribution is -2.37. The summed E-state index contributed by atoms with van der Waals surface area (Å²) in [6.07, 6.45) is 0.913. The first-order valence-electron chi connectivity index (χ1n) is 6.45. The van der Waals surface area contributed by atoms with Crippen LogP contribution in [0.25, 0.3) is 0 Å². The molecule has 5 nitrogen and oxygen atoms in total. The zero-order chi connectivity index (χ0) is 14.1. The van der Waals surface area contributed by atoms with Gasteiger partial charge in [-0.3, -0.25) is 4.79 Å². The van der Waals surface area contributed by atoms with Gasteiger partial charge in [0.15, 0.2) is 11.5 Å². The second-order valence-electron chi connectivity index (χ2n) is 3.96. The van der Waals surface area contributed by atoms with Gasteiger partial charge in [-0.25, -0.2) is 0 Å². The van der Waals surface area contributed by atoms with E-state index in [4.69, 9.17) is 19.9 Å². The Morgan fingerprint density at radius 1 is 1.21 bits per heavy atom. The maximum Gasteiger partial charge on any atom is 0.326 e. The van der Waals surface area contributed by atoms with Crippen molar-refractivity contribution in [3.8, 4) is 11.5 Å². The third-order valence-electron chi connectivity index (χ3n) is 2.32. The molecule has 1 rings (SSSR count). The molecule has 0 spiro atoms. The molecular formula is C14H21NO4. The second kappa shape index (κ2) is 8.37. The van der Waals surface area contributed by atoms with Gasteiger partial charge in [0.05, 0.1) is 13.2 Å². The van der Waals surface area contributed by atoms with Gasteiger partial charge in [0.25, 0.3) is 0 Å². The lowest BCUT2D eigenvalue weighted by molar-refractivity contribution is -0.145. The summed E-state index contributed by atoms with van der Waals surface area (Å²) < 4.78 is 15.9. The van der Waals surface area contributed by atoms with Gasteiger partial charge in [-0.1, -0.05) is 19.1 Å². The van der Waals surface area contributed by atoms with Gasteiger partial charge in [0, 0.05) is 0 Å². The summed E-state index contributed by atoms with van der Waals surface area (Å²) in [7, 11) is 0. The summed E-state index contributed by atoms with van der Waals surface area (Å²) in [6.45, 7) is 4.75. The van der Waals surface area contributed by atoms with Gasteiger partial charge in [0.1, 0.15) is 12.6 Å². The van der Waals surface area contributed by atoms with E-state index in [1.165, 1.54) is 0 Å². The summed E-state index contributed by atoms with van der Waals surface area (Å²) in [6, 6.07) is 6.51. The number of carbonyl (C=O) groups is 1. The van der Waals surface area contributed by atoms with Crippen LogP contribution < -0.4 is 15.2 Å². The topological polar surface area (TPSA) is 70.8 Å². The normalized spacial score (nSPS) is 11.7. The molecule has 1 aromatic rings. The van der Waals surface area contributed by atoms with Crippen molar-refractivity contribution in [1.29, 1.82) is 0 Å². The highest BCUT2D eigenvalue weighted by atomic mass is 16.5. The molecule has 5 heteroatoms. The van der Waals surface area contributed by atoms with Crippen molar-refractivity contribution in [3.05, 3.63) is 24.3 Å². The monoisotopic (exact) mass is 267 g/mol. The fraction of sp³-hybridized carbons (Fsp3) is 0.500. The number of carbonyl (C=O) groups excluding carboxylic acids is 1. The molecule has 0 aromatic heterocycles. The van der Waals surface area contributed by atoms with Crippen molar-refractivity contribution in [1.82, 2.24) is 0 Å². The van der Waals surface area contributed by atoms with Crippen LogP contribution in [0.2, 0.25) is 0 Å². The lowest BCUT2D eigenvalue weighted by atomic mass is 10.3. The van der Waals surface area contributed by atoms with Crippen LogP contribution in [-0.4, -0.2) is 31.8 Å². The van der Waals surface area contributed by atoms with Gasteiger partial charge < -0.3 is 19.9 Å². The summed E-state index contributed by atoms with van der Waals surface area (Å²) in [5.41, 5.74) is 5.66. The van der Waals surface area contributed by atoms with Crippen molar-refractivity contribution in [2.24, 2.45) is 5.73 Å². The van der Waals surface area contributed by atoms with Crippen molar-refractivity contribution >= 4 is 5.97 Å². The Morgan fingerprint density at radius 3 is 2.42 bits per heavy atom. The minimum atomic E-state index is -0.792. The van der Waals surface area contributed by atoms with Crippen LogP contribution >= 0.6 is 0 Å². The number of rotatable bonds is 8. The molecular weight excluding hydrogens is 246 g/mol. The second-order valence-corrected chi connectivity index (χ2v) is 3.96. The number of nitrogens with two attached hydrogens (primary N) is 1. The van der Waals surface area contributed by atoms with Gasteiger partial charge in [-0.15, -0.1) is 0 Å². The SMILES string of the molecule is CCCOc1ccccc1OCC(N)C(=O)OCC. The smallest absolute Gasteiger partial charge is 0.326 e. The van der Waals surface area contributed by atoms with Gasteiger partial charge in [-0.2, -0.15) is 0 Å². The molecule has 0 bridgehead atoms. The predicted molar refractivity (Wildman–Crippen MR) is 72.3 cm³/mol. The van der Waals surface area contributed by atoms with Crippen molar-refractivity contribution in [3.63, 3.8) is 0 Å². The highest BCUT2D eigenvalue weighted by Gasteiger charge is 2.16. The Morgan fingerprint density at radius 2 is 1.84 bits per heavy atom. The number of para-hydroxylation sites is 2. The van der Waals surface area contributed by atoms with Crippen molar-refractivity contribution in [2.45, 2.75) is 26.3 Å². The molecule has 0 fully saturated rings. The standard InChI is InChI=1S/C14H21NO4/c1-3-9-18-12-7-5-6-8-13(12)19-10-11(15)14(16)17-4-2/h5-8,11H,3-4,9-10,15H2,1-2H3. The molecule has 19 heavy (non-hydrogen) atoms. The maximum atomic E-state index is 11.4. The summed E-state index contributed by atoms with van der Waals surface area (Å²) in [5, 5.41) is 0. The van der Waals surface area contributed by atoms with Gasteiger partial charge in [0.2, 0.25) is 0 Å². The van der Waals surface area contributed by atoms with E-state index in [2.05, 4.69) is 0 Å². The van der Waals surface area contributed by atoms with Gasteiger partial charge >= 0.3 is 5.97 Å². The summed E-state index contributed by atoms with van der Waals surface area (Å²) >= 11 is 0. The van der Waals surface area contributed by atoms with E-state index in [1.807, 2.05) is 25.1 Å². The molecule has 0 radical (unpaired) electrons. The number of esters is 1. The van der Waals surface area contributed by atoms with E-state index in [9.17, 15) is 4.79 Å². The molecule has 0 aliphatic heterocycles. The molecule has 106 valence electrons. The van der Waals surface area contributed by atoms with Crippen LogP contribution in [0, 0.1) is 0 Å². The quantitative estimate of drug-likeness (QED) is 0.726. The average Bonchev–Trinajstić information content (AvgIpc) is 2.43. The Kier molecular flexibility index (Phi) is 6.74. The van der Waals surface area contributed by atoms with E-state index in [0.29, 0.717) is 24.7 Å². The van der Waals surface area contributed by atoms with Crippen LogP contribution in [0.5, 0.6) is 11.5 Å². The van der Waals surface area contributed by atoms with E-state index >= 15 is 0 Å². The Bertz CT molecular complexity index is 395. The fourth-order valence-corrected chi connectivity index (χ4v) is 1.40. The Hall–Kier alpha value is -1.75. The highest BCUT2D eigenvalue weighted by molar-refractivity contribution is 5.75. The molecule has 0 saturated carbocycles. The predicted octanol–water partition coefficient (Wildman–Crippen LogP) is 1.74. The Balaban J connectivity index is 2.54. The lowest BCUT2D eigenvalue weighted by Gasteiger charge is -2.15. The average molecular weight is 267 g/mol. The van der Waals surface area contributed by atoms with Crippen molar-refractivity contribution < 1.29 is 19.0 Å². The van der Waals surface area contributed by atoms with E-state index in [-0.39, 0.29) is 6.61 Å². The van der Waals surface area contributed by atoms with Crippen LogP contribution in [0.4, 0.5) is 0 Å². The molecule has 1 unspecified atom stereocenters. The first-order chi connectivity index (χ1) is 9.19. The third-order valence-corrected chi connectivity index (χ3v) is 2.32. The molecule has 2 N–H and O–H groups in total. The minimum Gasteiger partial charge on any atom is -0.490 e. The van der Waals surface area contributed by atoms with Crippen LogP contribution in [0.1, 0.15) is 20.3 Å². The van der Waals surface area contributed by atoms with Crippen LogP contribution in [-0.2, 0) is 9.53 Å². The Labute approximate surface area is 113 Å². The van der Waals surface area contributed by atoms with Crippen LogP contribution in [0.3, 0.4) is 0 Å². The van der Waals surface area contributed by atoms with E-state index in [0.717, 1.165) is 6.42 Å². The molecule has 0 aliphatic rings. The van der Waals surface area contributed by atoms with Crippen molar-refractivity contribution in [2.75, 3.05) is 19.8 Å². The molecule has 0 amide bonds. The molecule has 1 atom stereocenters. The summed E-state index contributed by atoms with van der Waals surface area (Å²) in [5.74, 6) is 0.769. The molecule has 1 aromatic carbocycles. The maximum absolute atomic E-state index is 11.4. The first-order valence-corrected chi connectivity index (χ1v) is 6.45. The fourth-order valence-electron chi connectivity index (χ4n) is 1.40. The number of ether oxygens (including phenoxy) is 3. The minimum absolute atomic E-state index is 0.0608. The number of hydrogen-bond donors (Lipinski definition) is 1. The third kappa shape index (κ3) is 5.18. The zero-order valence-corrected chi connectivity index (χ0v) is 11.4. The zero-order valence-electron chi connectivity index (χ0n) is 11.4. The molecule has 0 saturated heterocycles. The largest absolute Gasteiger partial charge is 0.490 e. The van der Waals surface area contributed by atoms with Gasteiger partial charge in [-0.05, 0) is 25.5 Å². The van der Waals surface area contributed by atoms with Crippen LogP contribution in [0.15, 0.2) is 24.3 Å². The highest BCUT2D eigenvalue weighted by Crippen LogP contribution is 2.26. The van der Waals surface area contributed by atoms with E-state index in [1.54, 1.807) is 13.0 Å². The number of hydrogen-bond acceptors (Lipinski definition) is 5. The number of benzene rings is 1. The summed E-state index contributed by atoms with van der Waals surface area (Å²) in [4.78, 5) is 11.4. The molecule has 0 heterocycles.